The number of methoxy groups -OCH3 is 3. The Bertz CT molecular complexity index is 6740. The molecule has 20 rings (SSSR count). The van der Waals surface area contributed by atoms with Gasteiger partial charge in [0.2, 0.25) is 0 Å². The largest absolute Gasteiger partial charge is 0.496 e. The number of nitrogens with two attached hydrogens (primary N) is 1. The minimum atomic E-state index is -0.606. The van der Waals surface area contributed by atoms with Crippen LogP contribution in [0.15, 0.2) is 226 Å². The number of amides is 6. The van der Waals surface area contributed by atoms with Gasteiger partial charge in [-0.15, -0.1) is 0 Å². The second-order valence-electron chi connectivity index (χ2n) is 33.5. The van der Waals surface area contributed by atoms with Gasteiger partial charge in [-0.1, -0.05) is 30.3 Å². The molecule has 6 saturated carbocycles. The summed E-state index contributed by atoms with van der Waals surface area (Å²) in [7, 11) is 9.35. The van der Waals surface area contributed by atoms with Gasteiger partial charge in [0.25, 0.3) is 35.4 Å². The Balaban J connectivity index is 0.000000145. The van der Waals surface area contributed by atoms with Crippen molar-refractivity contribution in [2.45, 2.75) is 91.1 Å². The fourth-order valence-corrected chi connectivity index (χ4v) is 18.6. The topological polar surface area (TPSA) is 284 Å². The molecule has 132 heavy (non-hydrogen) atoms. The standard InChI is InChI=1S/C39H38FN3O5.C34H32FN3O5.C33H34FN3O4/c1-5-43(6-2)32-19-34-30(18-29(32)25-12-15-33(46-4)31(16-25)37(44)42-39-20-23(21-39)22-39)35(38(45)41-3)36(48-34)24-10-13-27(14-11-24)47-28-9-7-8-26(40)17-28;1-5-38(6-2)28-19-30-26(18-25(28)21-12-15-29(41-4)27(16-21)33(36)39)31(34(40)37-3)32(43-30)20-10-13-23(14-11-20)42-24-9-7-8-22(35)17-24;1-5-37(6-2)26-15-28-24(29(32(39)35-3)30(41-28)20-7-10-22(34)11-8-20)14-23(26)21-9-12-27(40-4)25(13-21)31(38)36-33-16-19(17-33)18-33/h7-19,23H,5-6,20-22H2,1-4H3,(H,41,45)(H,42,44);7-19H,5-6H2,1-4H3,(H2,36,39)(H,37,40);7-15,19H,5-6,16-18H2,1-4H3,(H,35,39)(H,36,38). The van der Waals surface area contributed by atoms with E-state index in [4.69, 9.17) is 42.7 Å². The van der Waals surface area contributed by atoms with E-state index in [9.17, 15) is 41.9 Å². The summed E-state index contributed by atoms with van der Waals surface area (Å²) in [5.74, 6) is 2.88. The average molecular weight is 1790 g/mol. The Morgan fingerprint density at radius 2 is 0.652 bits per heavy atom. The first kappa shape index (κ1) is 90.4. The van der Waals surface area contributed by atoms with Gasteiger partial charge in [0.15, 0.2) is 0 Å². The number of hydrogen-bond acceptors (Lipinski definition) is 17. The summed E-state index contributed by atoms with van der Waals surface area (Å²) in [6, 6.07) is 60.1. The van der Waals surface area contributed by atoms with Crippen molar-refractivity contribution in [1.82, 2.24) is 26.6 Å². The van der Waals surface area contributed by atoms with Gasteiger partial charge in [-0.05, 0) is 260 Å². The van der Waals surface area contributed by atoms with Crippen molar-refractivity contribution in [3.63, 3.8) is 0 Å². The molecule has 3 aromatic heterocycles. The predicted octanol–water partition coefficient (Wildman–Crippen LogP) is 21.6. The summed E-state index contributed by atoms with van der Waals surface area (Å²) < 4.78 is 88.3. The molecule has 4 bridgehead atoms. The van der Waals surface area contributed by atoms with E-state index in [0.29, 0.717) is 135 Å². The van der Waals surface area contributed by atoms with Crippen molar-refractivity contribution in [1.29, 1.82) is 0 Å². The van der Waals surface area contributed by atoms with E-state index < -0.39 is 11.7 Å². The van der Waals surface area contributed by atoms with Crippen molar-refractivity contribution in [2.24, 2.45) is 17.6 Å². The Morgan fingerprint density at radius 3 is 0.924 bits per heavy atom. The van der Waals surface area contributed by atoms with Gasteiger partial charge >= 0.3 is 0 Å². The molecule has 26 heteroatoms. The number of carbonyl (C=O) groups excluding carboxylic acids is 6. The Labute approximate surface area is 762 Å². The third-order valence-electron chi connectivity index (χ3n) is 25.6. The lowest BCUT2D eigenvalue weighted by Crippen LogP contribution is -2.68. The number of nitrogens with zero attached hydrogens (tertiary/aromatic N) is 3. The van der Waals surface area contributed by atoms with Crippen LogP contribution in [0.4, 0.5) is 30.2 Å². The lowest BCUT2D eigenvalue weighted by atomic mass is 9.50. The van der Waals surface area contributed by atoms with Crippen LogP contribution < -0.4 is 70.7 Å². The third kappa shape index (κ3) is 17.8. The highest BCUT2D eigenvalue weighted by atomic mass is 19.1. The van der Waals surface area contributed by atoms with Crippen molar-refractivity contribution in [3.05, 3.63) is 263 Å². The van der Waals surface area contributed by atoms with E-state index in [1.54, 1.807) is 120 Å². The molecule has 0 saturated heterocycles. The number of anilines is 3. The fraction of sp³-hybridized carbons (Fsp3) is 0.264. The van der Waals surface area contributed by atoms with Crippen LogP contribution in [0.1, 0.15) is 142 Å². The molecular weight excluding hydrogens is 1680 g/mol. The molecule has 0 radical (unpaired) electrons. The number of ether oxygens (including phenoxy) is 5. The zero-order valence-corrected chi connectivity index (χ0v) is 75.6. The minimum Gasteiger partial charge on any atom is -0.496 e. The third-order valence-corrected chi connectivity index (χ3v) is 25.6. The van der Waals surface area contributed by atoms with Crippen molar-refractivity contribution in [2.75, 3.05) is 96.4 Å². The van der Waals surface area contributed by atoms with Crippen molar-refractivity contribution < 1.29 is 78.9 Å². The van der Waals surface area contributed by atoms with Crippen LogP contribution in [0.25, 0.3) is 100 Å². The molecule has 23 nitrogen and oxygen atoms in total. The molecule has 0 unspecified atom stereocenters. The normalized spacial score (nSPS) is 15.8. The van der Waals surface area contributed by atoms with E-state index in [2.05, 4.69) is 82.8 Å². The van der Waals surface area contributed by atoms with Crippen LogP contribution in [0.3, 0.4) is 0 Å². The average Bonchev–Trinajstić information content (AvgIpc) is 1.02. The first-order valence-corrected chi connectivity index (χ1v) is 44.4. The molecule has 6 aliphatic rings. The number of nitrogens with one attached hydrogen (secondary N) is 5. The van der Waals surface area contributed by atoms with E-state index in [1.165, 1.54) is 43.5 Å². The lowest BCUT2D eigenvalue weighted by molar-refractivity contribution is -0.0442. The summed E-state index contributed by atoms with van der Waals surface area (Å²) >= 11 is 0. The zero-order chi connectivity index (χ0) is 93.1. The van der Waals surface area contributed by atoms with E-state index in [0.717, 1.165) is 140 Å². The monoisotopic (exact) mass is 1780 g/mol. The van der Waals surface area contributed by atoms with Crippen LogP contribution in [-0.2, 0) is 0 Å². The van der Waals surface area contributed by atoms with Gasteiger partial charge in [0, 0.05) is 168 Å². The number of benzene rings is 11. The van der Waals surface area contributed by atoms with Crippen molar-refractivity contribution >= 4 is 85.4 Å². The maximum atomic E-state index is 13.7. The van der Waals surface area contributed by atoms with Gasteiger partial charge in [-0.3, -0.25) is 28.8 Å². The summed E-state index contributed by atoms with van der Waals surface area (Å²) in [5, 5.41) is 16.6. The maximum absolute atomic E-state index is 13.7. The van der Waals surface area contributed by atoms with Crippen LogP contribution >= 0.6 is 0 Å². The molecule has 11 aromatic carbocycles. The van der Waals surface area contributed by atoms with Crippen LogP contribution in [0.2, 0.25) is 0 Å². The lowest BCUT2D eigenvalue weighted by Gasteiger charge is -2.61. The summed E-state index contributed by atoms with van der Waals surface area (Å²) in [6.07, 6.45) is 6.25. The molecule has 7 N–H and O–H groups in total. The second kappa shape index (κ2) is 38.0. The minimum absolute atomic E-state index is 0.0655. The number of furan rings is 3. The number of fused-ring (bicyclic) bond motifs is 3. The van der Waals surface area contributed by atoms with Crippen molar-refractivity contribution in [3.8, 4) is 108 Å². The van der Waals surface area contributed by atoms with Gasteiger partial charge in [-0.25, -0.2) is 13.2 Å². The predicted molar refractivity (Wildman–Crippen MR) is 508 cm³/mol. The Morgan fingerprint density at radius 1 is 0.356 bits per heavy atom. The zero-order valence-electron chi connectivity index (χ0n) is 75.6. The number of halogens is 3. The van der Waals surface area contributed by atoms with Gasteiger partial charge in [-0.2, -0.15) is 0 Å². The smallest absolute Gasteiger partial charge is 0.255 e. The number of carbonyl (C=O) groups is 6. The highest BCUT2D eigenvalue weighted by molar-refractivity contribution is 6.16. The molecule has 3 heterocycles. The SMILES string of the molecule is CCN(CC)c1cc2oc(-c3ccc(F)cc3)c(C(=O)NC)c2cc1-c1ccc(OC)c(C(=O)NC23CC(C2)C3)c1.CCN(CC)c1cc2oc(-c3ccc(Oc4cccc(F)c4)cc3)c(C(=O)NC)c2cc1-c1ccc(OC)c(C(=O)NC23CC(C2)C3)c1.CCN(CC)c1cc2oc(-c3ccc(Oc4cccc(F)c4)cc3)c(C(=O)NC)c2cc1-c1ccc(OC)c(C(N)=O)c1. The summed E-state index contributed by atoms with van der Waals surface area (Å²) in [4.78, 5) is 85.9. The maximum Gasteiger partial charge on any atom is 0.255 e. The Kier molecular flexibility index (Phi) is 26.0. The number of primary amides is 1. The van der Waals surface area contributed by atoms with Crippen LogP contribution in [0.5, 0.6) is 40.2 Å². The first-order valence-electron chi connectivity index (χ1n) is 44.4. The van der Waals surface area contributed by atoms with Gasteiger partial charge in [0.1, 0.15) is 91.7 Å². The van der Waals surface area contributed by atoms with E-state index in [-0.39, 0.29) is 57.8 Å². The Hall–Kier alpha value is -15.0. The molecular formula is C106H104F3N9O14. The molecule has 6 fully saturated rings. The van der Waals surface area contributed by atoms with E-state index in [1.807, 2.05) is 91.0 Å². The molecule has 0 aliphatic heterocycles. The molecule has 14 aromatic rings. The van der Waals surface area contributed by atoms with E-state index >= 15 is 0 Å². The highest BCUT2D eigenvalue weighted by Gasteiger charge is 2.58. The number of hydrogen-bond donors (Lipinski definition) is 6. The quantitative estimate of drug-likeness (QED) is 0.0244. The van der Waals surface area contributed by atoms with Gasteiger partial charge < -0.3 is 84.0 Å². The van der Waals surface area contributed by atoms with Crippen LogP contribution in [-0.4, -0.2) is 128 Å². The van der Waals surface area contributed by atoms with Crippen LogP contribution in [0, 0.1) is 29.3 Å². The molecule has 0 spiro atoms. The van der Waals surface area contributed by atoms with Gasteiger partial charge in [0.05, 0.1) is 54.7 Å². The molecule has 0 atom stereocenters. The molecule has 6 amide bonds. The summed E-state index contributed by atoms with van der Waals surface area (Å²) in [5.41, 5.74) is 19.1. The second-order valence-corrected chi connectivity index (χ2v) is 33.5. The summed E-state index contributed by atoms with van der Waals surface area (Å²) in [6.45, 7) is 16.9. The fourth-order valence-electron chi connectivity index (χ4n) is 18.6. The molecule has 6 aliphatic carbocycles. The highest BCUT2D eigenvalue weighted by Crippen LogP contribution is 2.58. The first-order chi connectivity index (χ1) is 63.8. The molecule has 678 valence electrons. The number of rotatable bonds is 30.